The zero-order valence-electron chi connectivity index (χ0n) is 16.6. The highest BCUT2D eigenvalue weighted by Gasteiger charge is 2.15. The minimum atomic E-state index is -4.00. The van der Waals surface area contributed by atoms with Crippen molar-refractivity contribution in [1.82, 2.24) is 9.97 Å². The van der Waals surface area contributed by atoms with Crippen molar-refractivity contribution in [2.45, 2.75) is 31.1 Å². The van der Waals surface area contributed by atoms with Gasteiger partial charge in [-0.1, -0.05) is 44.5 Å². The molecule has 3 aromatic rings. The molecule has 10 heteroatoms. The SMILES string of the molecule is CC(C)(C)c1ccc(Nc2nc(Nc3ccc(Cl)c(S(N)(=O)=O)c3)ncc2F)cc1. The Labute approximate surface area is 179 Å². The second-order valence-corrected chi connectivity index (χ2v) is 9.59. The van der Waals surface area contributed by atoms with Crippen LogP contribution in [0.1, 0.15) is 26.3 Å². The van der Waals surface area contributed by atoms with Crippen LogP contribution in [0.2, 0.25) is 5.02 Å². The summed E-state index contributed by atoms with van der Waals surface area (Å²) in [4.78, 5) is 7.77. The van der Waals surface area contributed by atoms with E-state index in [0.717, 1.165) is 11.8 Å². The first-order valence-electron chi connectivity index (χ1n) is 8.93. The molecule has 0 bridgehead atoms. The first-order valence-corrected chi connectivity index (χ1v) is 10.9. The molecule has 30 heavy (non-hydrogen) atoms. The zero-order valence-corrected chi connectivity index (χ0v) is 18.1. The lowest BCUT2D eigenvalue weighted by Crippen LogP contribution is -2.13. The van der Waals surface area contributed by atoms with Crippen molar-refractivity contribution in [3.63, 3.8) is 0 Å². The molecular formula is C20H21ClFN5O2S. The molecule has 0 atom stereocenters. The molecule has 0 spiro atoms. The van der Waals surface area contributed by atoms with Crippen LogP contribution in [0, 0.1) is 5.82 Å². The molecule has 0 saturated carbocycles. The first kappa shape index (κ1) is 21.9. The second kappa shape index (κ2) is 8.17. The normalized spacial score (nSPS) is 11.9. The van der Waals surface area contributed by atoms with Crippen molar-refractivity contribution in [1.29, 1.82) is 0 Å². The van der Waals surface area contributed by atoms with Crippen molar-refractivity contribution in [3.8, 4) is 0 Å². The first-order chi connectivity index (χ1) is 13.9. The Hall–Kier alpha value is -2.75. The molecule has 0 radical (unpaired) electrons. The van der Waals surface area contributed by atoms with Crippen LogP contribution >= 0.6 is 11.6 Å². The van der Waals surface area contributed by atoms with Crippen LogP contribution < -0.4 is 15.8 Å². The molecule has 2 aromatic carbocycles. The van der Waals surface area contributed by atoms with E-state index in [0.29, 0.717) is 11.4 Å². The molecule has 7 nitrogen and oxygen atoms in total. The molecule has 0 unspecified atom stereocenters. The molecule has 158 valence electrons. The summed E-state index contributed by atoms with van der Waals surface area (Å²) in [5.74, 6) is -0.605. The van der Waals surface area contributed by atoms with E-state index in [1.807, 2.05) is 24.3 Å². The number of anilines is 4. The minimum absolute atomic E-state index is 0.00420. The Bertz CT molecular complexity index is 1180. The van der Waals surface area contributed by atoms with Gasteiger partial charge in [-0.3, -0.25) is 0 Å². The standard InChI is InChI=1S/C20H21ClFN5O2S/c1-20(2,3)12-4-6-13(7-5-12)25-18-16(22)11-24-19(27-18)26-14-8-9-15(21)17(10-14)30(23,28)29/h4-11H,1-3H3,(H2,23,28,29)(H2,24,25,26,27). The van der Waals surface area contributed by atoms with Gasteiger partial charge >= 0.3 is 0 Å². The number of sulfonamides is 1. The van der Waals surface area contributed by atoms with E-state index in [1.165, 1.54) is 18.2 Å². The smallest absolute Gasteiger partial charge is 0.239 e. The largest absolute Gasteiger partial charge is 0.338 e. The number of nitrogens with two attached hydrogens (primary N) is 1. The second-order valence-electron chi connectivity index (χ2n) is 7.66. The van der Waals surface area contributed by atoms with E-state index >= 15 is 0 Å². The topological polar surface area (TPSA) is 110 Å². The van der Waals surface area contributed by atoms with Crippen LogP contribution in [-0.2, 0) is 15.4 Å². The van der Waals surface area contributed by atoms with Gasteiger partial charge in [-0.2, -0.15) is 4.98 Å². The van der Waals surface area contributed by atoms with E-state index in [9.17, 15) is 12.8 Å². The molecule has 4 N–H and O–H groups in total. The fourth-order valence-electron chi connectivity index (χ4n) is 2.63. The fourth-order valence-corrected chi connectivity index (χ4v) is 3.70. The van der Waals surface area contributed by atoms with Crippen molar-refractivity contribution < 1.29 is 12.8 Å². The number of nitrogens with zero attached hydrogens (tertiary/aromatic N) is 2. The average Bonchev–Trinajstić information content (AvgIpc) is 2.65. The summed E-state index contributed by atoms with van der Waals surface area (Å²) >= 11 is 5.88. The molecule has 1 aromatic heterocycles. The Morgan fingerprint density at radius 3 is 2.27 bits per heavy atom. The zero-order chi connectivity index (χ0) is 22.1. The van der Waals surface area contributed by atoms with E-state index in [-0.39, 0.29) is 27.1 Å². The summed E-state index contributed by atoms with van der Waals surface area (Å²) in [6, 6.07) is 11.8. The van der Waals surface area contributed by atoms with Crippen molar-refractivity contribution >= 4 is 44.8 Å². The Morgan fingerprint density at radius 1 is 1.03 bits per heavy atom. The monoisotopic (exact) mass is 449 g/mol. The van der Waals surface area contributed by atoms with Gasteiger partial charge in [0.2, 0.25) is 16.0 Å². The lowest BCUT2D eigenvalue weighted by Gasteiger charge is -2.19. The van der Waals surface area contributed by atoms with E-state index in [1.54, 1.807) is 0 Å². The van der Waals surface area contributed by atoms with E-state index < -0.39 is 15.8 Å². The fraction of sp³-hybridized carbons (Fsp3) is 0.200. The highest BCUT2D eigenvalue weighted by atomic mass is 35.5. The summed E-state index contributed by atoms with van der Waals surface area (Å²) in [6.07, 6.45) is 1.01. The van der Waals surface area contributed by atoms with Gasteiger partial charge in [0.05, 0.1) is 11.2 Å². The maximum atomic E-state index is 14.2. The van der Waals surface area contributed by atoms with Gasteiger partial charge in [0.1, 0.15) is 4.90 Å². The Kier molecular flexibility index (Phi) is 5.98. The highest BCUT2D eigenvalue weighted by molar-refractivity contribution is 7.89. The maximum absolute atomic E-state index is 14.2. The van der Waals surface area contributed by atoms with Crippen LogP contribution in [0.4, 0.5) is 27.5 Å². The molecule has 0 amide bonds. The highest BCUT2D eigenvalue weighted by Crippen LogP contribution is 2.27. The Balaban J connectivity index is 1.84. The van der Waals surface area contributed by atoms with Gasteiger partial charge in [0, 0.05) is 11.4 Å². The van der Waals surface area contributed by atoms with Gasteiger partial charge < -0.3 is 10.6 Å². The minimum Gasteiger partial charge on any atom is -0.338 e. The van der Waals surface area contributed by atoms with Gasteiger partial charge in [-0.15, -0.1) is 0 Å². The Morgan fingerprint density at radius 2 is 1.67 bits per heavy atom. The number of halogens is 2. The van der Waals surface area contributed by atoms with Crippen LogP contribution in [0.3, 0.4) is 0 Å². The van der Waals surface area contributed by atoms with Crippen LogP contribution in [-0.4, -0.2) is 18.4 Å². The third kappa shape index (κ3) is 5.24. The van der Waals surface area contributed by atoms with Crippen LogP contribution in [0.15, 0.2) is 53.6 Å². The number of hydrogen-bond donors (Lipinski definition) is 3. The lowest BCUT2D eigenvalue weighted by molar-refractivity contribution is 0.590. The number of primary sulfonamides is 1. The van der Waals surface area contributed by atoms with E-state index in [2.05, 4.69) is 41.4 Å². The van der Waals surface area contributed by atoms with Crippen molar-refractivity contribution in [2.75, 3.05) is 10.6 Å². The van der Waals surface area contributed by atoms with Crippen molar-refractivity contribution in [3.05, 3.63) is 65.1 Å². The molecule has 1 heterocycles. The van der Waals surface area contributed by atoms with Crippen LogP contribution in [0.25, 0.3) is 0 Å². The molecule has 3 rings (SSSR count). The molecule has 0 aliphatic carbocycles. The maximum Gasteiger partial charge on any atom is 0.239 e. The summed E-state index contributed by atoms with van der Waals surface area (Å²) < 4.78 is 37.4. The third-order valence-corrected chi connectivity index (χ3v) is 5.64. The summed E-state index contributed by atoms with van der Waals surface area (Å²) in [5, 5.41) is 10.9. The molecule has 0 aliphatic rings. The molecular weight excluding hydrogens is 429 g/mol. The number of aromatic nitrogens is 2. The number of hydrogen-bond acceptors (Lipinski definition) is 6. The van der Waals surface area contributed by atoms with Gasteiger partial charge in [0.15, 0.2) is 11.6 Å². The lowest BCUT2D eigenvalue weighted by atomic mass is 9.87. The molecule has 0 aliphatic heterocycles. The predicted octanol–water partition coefficient (Wildman–Crippen LogP) is 4.70. The quantitative estimate of drug-likeness (QED) is 0.520. The van der Waals surface area contributed by atoms with Gasteiger partial charge in [-0.25, -0.2) is 22.9 Å². The number of rotatable bonds is 5. The summed E-state index contributed by atoms with van der Waals surface area (Å²) in [6.45, 7) is 6.32. The molecule has 0 fully saturated rings. The van der Waals surface area contributed by atoms with Gasteiger partial charge in [0.25, 0.3) is 0 Å². The van der Waals surface area contributed by atoms with Crippen molar-refractivity contribution in [2.24, 2.45) is 5.14 Å². The van der Waals surface area contributed by atoms with Gasteiger partial charge in [-0.05, 0) is 41.3 Å². The third-order valence-electron chi connectivity index (χ3n) is 4.25. The average molecular weight is 450 g/mol. The number of nitrogens with one attached hydrogen (secondary N) is 2. The van der Waals surface area contributed by atoms with Crippen LogP contribution in [0.5, 0.6) is 0 Å². The summed E-state index contributed by atoms with van der Waals surface area (Å²) in [7, 11) is -4.00. The predicted molar refractivity (Wildman–Crippen MR) is 117 cm³/mol. The molecule has 0 saturated heterocycles. The number of benzene rings is 2. The van der Waals surface area contributed by atoms with E-state index in [4.69, 9.17) is 16.7 Å². The summed E-state index contributed by atoms with van der Waals surface area (Å²) in [5.41, 5.74) is 2.14.